The van der Waals surface area contributed by atoms with Crippen molar-refractivity contribution in [2.24, 2.45) is 16.7 Å². The highest BCUT2D eigenvalue weighted by Crippen LogP contribution is 2.55. The van der Waals surface area contributed by atoms with Crippen molar-refractivity contribution in [3.05, 3.63) is 208 Å². The molecule has 2 aliphatic heterocycles. The van der Waals surface area contributed by atoms with Crippen molar-refractivity contribution in [2.75, 3.05) is 31.7 Å². The summed E-state index contributed by atoms with van der Waals surface area (Å²) in [4.78, 5) is 47.7. The molecule has 4 heterocycles. The number of methoxy groups -OCH3 is 1. The van der Waals surface area contributed by atoms with Crippen molar-refractivity contribution in [3.63, 3.8) is 0 Å². The molecule has 1 spiro atoms. The van der Waals surface area contributed by atoms with E-state index in [2.05, 4.69) is 81.3 Å². The summed E-state index contributed by atoms with van der Waals surface area (Å²) >= 11 is 0. The Kier molecular flexibility index (Phi) is 17.5. The summed E-state index contributed by atoms with van der Waals surface area (Å²) < 4.78 is 21.1. The lowest BCUT2D eigenvalue weighted by Gasteiger charge is -2.43. The molecular weight excluding hydrogens is 1170 g/mol. The molecule has 4 aliphatic carbocycles. The summed E-state index contributed by atoms with van der Waals surface area (Å²) in [5.41, 5.74) is 8.73. The van der Waals surface area contributed by atoms with Crippen molar-refractivity contribution in [1.29, 1.82) is 0 Å². The largest absolute Gasteiger partial charge is 0.508 e. The van der Waals surface area contributed by atoms with Crippen LogP contribution in [-0.2, 0) is 32.0 Å². The van der Waals surface area contributed by atoms with Gasteiger partial charge in [-0.15, -0.1) is 0 Å². The first-order valence-corrected chi connectivity index (χ1v) is 32.9. The Morgan fingerprint density at radius 1 is 0.871 bits per heavy atom. The Bertz CT molecular complexity index is 4230. The summed E-state index contributed by atoms with van der Waals surface area (Å²) in [6.07, 6.45) is 21.7. The Morgan fingerprint density at radius 3 is 2.47 bits per heavy atom. The molecule has 93 heavy (non-hydrogen) atoms. The number of aromatic nitrogens is 2. The van der Waals surface area contributed by atoms with E-state index in [0.29, 0.717) is 50.6 Å². The number of rotatable bonds is 13. The molecule has 7 N–H and O–H groups in total. The molecule has 1 fully saturated rings. The van der Waals surface area contributed by atoms with Gasteiger partial charge >= 0.3 is 5.97 Å². The number of aromatic amines is 1. The minimum atomic E-state index is -0.822. The number of nitrogens with one attached hydrogen (secondary N) is 2. The van der Waals surface area contributed by atoms with Gasteiger partial charge in [0, 0.05) is 116 Å². The maximum absolute atomic E-state index is 15.5. The number of ketones is 2. The normalized spacial score (nSPS) is 23.7. The average Bonchev–Trinajstić information content (AvgIpc) is 1.62. The molecule has 480 valence electrons. The van der Waals surface area contributed by atoms with E-state index < -0.39 is 41.0 Å². The van der Waals surface area contributed by atoms with Crippen LogP contribution in [0.4, 0.5) is 5.69 Å². The van der Waals surface area contributed by atoms with Crippen molar-refractivity contribution in [2.45, 2.75) is 140 Å². The van der Waals surface area contributed by atoms with E-state index in [0.717, 1.165) is 98.2 Å². The molecule has 7 aromatic rings. The number of H-pyrrole nitrogens is 1. The van der Waals surface area contributed by atoms with Gasteiger partial charge in [-0.05, 0) is 151 Å². The number of carbonyl (C=O) groups is 3. The first-order chi connectivity index (χ1) is 45.0. The van der Waals surface area contributed by atoms with Gasteiger partial charge in [0.2, 0.25) is 5.75 Å². The van der Waals surface area contributed by atoms with E-state index in [9.17, 15) is 35.1 Å². The third kappa shape index (κ3) is 12.2. The SMILES string of the molecule is COc1cc(C2CC(=O)CC(OC(C)=O)CCC34Cc5c[nH]cc5C(C#CCC3=CC=CC4C)C(c3cccc(O)c3)C3=CCNC(=C3)N(CCC(C)=O)c3ccc4c5c(n2cc35)CCC4O)cc(O)c1Oc1cc(O)cc(C(c2ccccc2)C2(CO)CCCC2)c1. The van der Waals surface area contributed by atoms with E-state index in [4.69, 9.17) is 14.2 Å². The molecule has 5 aromatic carbocycles. The van der Waals surface area contributed by atoms with Crippen molar-refractivity contribution in [1.82, 2.24) is 14.9 Å². The molecular formula is C78H82N4O11. The van der Waals surface area contributed by atoms with Crippen molar-refractivity contribution < 1.29 is 54.1 Å². The second-order valence-corrected chi connectivity index (χ2v) is 26.6. The van der Waals surface area contributed by atoms with Crippen LogP contribution < -0.4 is 19.7 Å². The lowest BCUT2D eigenvalue weighted by atomic mass is 9.61. The number of esters is 1. The number of aliphatic hydroxyl groups is 2. The smallest absolute Gasteiger partial charge is 0.302 e. The summed E-state index contributed by atoms with van der Waals surface area (Å²) in [6, 6.07) is 28.9. The Hall–Kier alpha value is -9.23. The molecule has 0 amide bonds. The molecule has 2 aromatic heterocycles. The van der Waals surface area contributed by atoms with Gasteiger partial charge in [0.1, 0.15) is 40.7 Å². The van der Waals surface area contributed by atoms with E-state index in [1.165, 1.54) is 20.1 Å². The highest BCUT2D eigenvalue weighted by Gasteiger charge is 2.45. The first kappa shape index (κ1) is 62.6. The number of benzene rings is 5. The number of carbonyl (C=O) groups excluding carboxylic acids is 3. The molecule has 0 radical (unpaired) electrons. The van der Waals surface area contributed by atoms with Gasteiger partial charge < -0.3 is 59.5 Å². The van der Waals surface area contributed by atoms with Crippen LogP contribution in [0.5, 0.6) is 34.5 Å². The first-order valence-electron chi connectivity index (χ1n) is 32.9. The van der Waals surface area contributed by atoms with Gasteiger partial charge in [-0.3, -0.25) is 14.4 Å². The standard InChI is InChI=1S/C78H82N4O11/c1-47-13-10-17-56-18-12-20-62-64-44-79-43-55(64)42-78(47,56)30-25-60(92-49(3)85)39-59(88)41-68(53-36-70(90)76(71(37-53)91-4)93-61-35-54(34-58(87)40-61)75(50-14-6-5-7-15-50)77(46-83)28-8-9-29-77)82-45-65-66(22-21-63-69(89)24-23-67(82)74(63)65)81(32-27-48(2)84)72-38-52(26-31-80-72)73(62)51-16-11-19-57(86)33-51/h5-7,10-11,13-17,19,21-22,26,33-38,40,43-45,47,60,62,68-69,73,75,79-80,83,86-87,89-90H,8-9,18,23-25,27-32,39,41-42,46H2,1-4H3. The van der Waals surface area contributed by atoms with Crippen molar-refractivity contribution in [3.8, 4) is 46.3 Å². The van der Waals surface area contributed by atoms with Crippen LogP contribution in [0.2, 0.25) is 0 Å². The fourth-order valence-corrected chi connectivity index (χ4v) is 16.5. The van der Waals surface area contributed by atoms with Gasteiger partial charge in [0.15, 0.2) is 11.5 Å². The minimum absolute atomic E-state index is 0.00415. The number of dihydropyridines is 1. The summed E-state index contributed by atoms with van der Waals surface area (Å²) in [7, 11) is 1.48. The number of anilines is 1. The van der Waals surface area contributed by atoms with Crippen LogP contribution in [0.15, 0.2) is 163 Å². The number of ether oxygens (including phenoxy) is 3. The molecule has 8 atom stereocenters. The molecule has 0 saturated heterocycles. The van der Waals surface area contributed by atoms with Crippen LogP contribution in [-0.4, -0.2) is 85.5 Å². The fraction of sp³-hybridized carbons (Fsp3) is 0.372. The molecule has 13 rings (SSSR count). The number of phenolic OH excluding ortho intramolecular Hbond substituents is 3. The monoisotopic (exact) mass is 1250 g/mol. The lowest BCUT2D eigenvalue weighted by molar-refractivity contribution is -0.148. The van der Waals surface area contributed by atoms with E-state index in [1.54, 1.807) is 31.2 Å². The predicted octanol–water partition coefficient (Wildman–Crippen LogP) is 14.0. The number of aryl methyl sites for hydroxylation is 1. The Balaban J connectivity index is 0.982. The third-order valence-electron chi connectivity index (χ3n) is 21.0. The zero-order valence-electron chi connectivity index (χ0n) is 53.3. The average molecular weight is 1250 g/mol. The van der Waals surface area contributed by atoms with E-state index in [1.807, 2.05) is 72.9 Å². The topological polar surface area (TPSA) is 216 Å². The number of phenols is 3. The van der Waals surface area contributed by atoms with Gasteiger partial charge in [-0.2, -0.15) is 0 Å². The zero-order valence-corrected chi connectivity index (χ0v) is 53.3. The van der Waals surface area contributed by atoms with Gasteiger partial charge in [0.05, 0.1) is 30.9 Å². The lowest BCUT2D eigenvalue weighted by Crippen LogP contribution is -2.36. The number of hydrogen-bond acceptors (Lipinski definition) is 13. The van der Waals surface area contributed by atoms with Gasteiger partial charge in [-0.1, -0.05) is 110 Å². The molecule has 6 bridgehead atoms. The molecule has 8 unspecified atom stereocenters. The Morgan fingerprint density at radius 2 is 1.70 bits per heavy atom. The minimum Gasteiger partial charge on any atom is -0.508 e. The highest BCUT2D eigenvalue weighted by atomic mass is 16.5. The van der Waals surface area contributed by atoms with E-state index in [-0.39, 0.29) is 96.2 Å². The van der Waals surface area contributed by atoms with Crippen LogP contribution in [0.25, 0.3) is 10.8 Å². The van der Waals surface area contributed by atoms with Gasteiger partial charge in [-0.25, -0.2) is 0 Å². The molecule has 1 saturated carbocycles. The number of hydrogen-bond donors (Lipinski definition) is 7. The fourth-order valence-electron chi connectivity index (χ4n) is 16.5. The van der Waals surface area contributed by atoms with E-state index >= 15 is 4.79 Å². The van der Waals surface area contributed by atoms with Crippen LogP contribution in [0, 0.1) is 28.6 Å². The zero-order chi connectivity index (χ0) is 64.7. The summed E-state index contributed by atoms with van der Waals surface area (Å²) in [5.74, 6) is 6.63. The Labute approximate surface area is 543 Å². The third-order valence-corrected chi connectivity index (χ3v) is 21.0. The summed E-state index contributed by atoms with van der Waals surface area (Å²) in [6.45, 7) is 5.86. The maximum atomic E-state index is 15.5. The number of aromatic hydroxyl groups is 3. The predicted molar refractivity (Wildman–Crippen MR) is 358 cm³/mol. The number of aliphatic hydroxyl groups excluding tert-OH is 2. The summed E-state index contributed by atoms with van der Waals surface area (Å²) in [5, 5.41) is 63.5. The number of allylic oxidation sites excluding steroid dienone is 6. The molecule has 15 nitrogen and oxygen atoms in total. The quantitative estimate of drug-likeness (QED) is 0.0423. The van der Waals surface area contributed by atoms with Crippen LogP contribution >= 0.6 is 0 Å². The molecule has 6 aliphatic rings. The highest BCUT2D eigenvalue weighted by molar-refractivity contribution is 6.00. The number of fused-ring (bicyclic) bond motifs is 3. The number of Topliss-reactive ketones (excluding diaryl/α,β-unsaturated/α-hetero) is 2. The second-order valence-electron chi connectivity index (χ2n) is 26.6. The molecule has 15 heteroatoms. The van der Waals surface area contributed by atoms with Crippen molar-refractivity contribution >= 4 is 34.0 Å². The number of nitrogens with zero attached hydrogens (tertiary/aromatic N) is 2. The maximum Gasteiger partial charge on any atom is 0.302 e. The van der Waals surface area contributed by atoms with Crippen LogP contribution in [0.1, 0.15) is 166 Å². The van der Waals surface area contributed by atoms with Gasteiger partial charge in [0.25, 0.3) is 0 Å². The second kappa shape index (κ2) is 26.0. The van der Waals surface area contributed by atoms with Crippen LogP contribution in [0.3, 0.4) is 0 Å².